The summed E-state index contributed by atoms with van der Waals surface area (Å²) >= 11 is 0. The van der Waals surface area contributed by atoms with Crippen molar-refractivity contribution in [3.63, 3.8) is 0 Å². The molecule has 1 atom stereocenters. The van der Waals surface area contributed by atoms with E-state index in [1.54, 1.807) is 25.1 Å². The summed E-state index contributed by atoms with van der Waals surface area (Å²) in [6, 6.07) is 12.0. The fourth-order valence-corrected chi connectivity index (χ4v) is 3.26. The summed E-state index contributed by atoms with van der Waals surface area (Å²) in [4.78, 5) is 35.6. The molecule has 1 unspecified atom stereocenters. The van der Waals surface area contributed by atoms with Gasteiger partial charge in [0.1, 0.15) is 11.6 Å². The highest BCUT2D eigenvalue weighted by atomic mass is 19.1. The van der Waals surface area contributed by atoms with E-state index in [-0.39, 0.29) is 24.6 Å². The summed E-state index contributed by atoms with van der Waals surface area (Å²) in [5.74, 6) is -1.11. The maximum atomic E-state index is 13.7. The van der Waals surface area contributed by atoms with Crippen molar-refractivity contribution in [2.45, 2.75) is 25.8 Å². The Hall–Kier alpha value is -3.88. The number of rotatable bonds is 9. The zero-order valence-corrected chi connectivity index (χ0v) is 17.6. The molecule has 0 saturated heterocycles. The van der Waals surface area contributed by atoms with Gasteiger partial charge in [0.25, 0.3) is 11.5 Å². The van der Waals surface area contributed by atoms with E-state index in [0.717, 1.165) is 17.2 Å². The zero-order chi connectivity index (χ0) is 23.1. The number of esters is 1. The van der Waals surface area contributed by atoms with Crippen LogP contribution in [0.4, 0.5) is 4.39 Å². The number of nitrogens with one attached hydrogen (secondary N) is 2. The van der Waals surface area contributed by atoms with Crippen LogP contribution in [0.15, 0.2) is 57.8 Å². The minimum atomic E-state index is -0.626. The van der Waals surface area contributed by atoms with Gasteiger partial charge in [0.15, 0.2) is 0 Å². The Morgan fingerprint density at radius 1 is 1.16 bits per heavy atom. The van der Waals surface area contributed by atoms with Crippen molar-refractivity contribution in [3.8, 4) is 16.9 Å². The summed E-state index contributed by atoms with van der Waals surface area (Å²) in [7, 11) is 1.51. The van der Waals surface area contributed by atoms with Crippen molar-refractivity contribution in [1.29, 1.82) is 0 Å². The average Bonchev–Trinajstić information content (AvgIpc) is 3.21. The number of aromatic amines is 1. The second-order valence-corrected chi connectivity index (χ2v) is 7.00. The highest BCUT2D eigenvalue weighted by molar-refractivity contribution is 5.91. The first kappa shape index (κ1) is 22.8. The van der Waals surface area contributed by atoms with E-state index in [4.69, 9.17) is 14.0 Å². The molecular weight excluding hydrogens is 419 g/mol. The van der Waals surface area contributed by atoms with Crippen molar-refractivity contribution >= 4 is 11.9 Å². The van der Waals surface area contributed by atoms with Crippen molar-refractivity contribution < 1.29 is 28.0 Å². The van der Waals surface area contributed by atoms with E-state index in [2.05, 4.69) is 5.32 Å². The fourth-order valence-electron chi connectivity index (χ4n) is 3.26. The molecule has 0 aliphatic rings. The van der Waals surface area contributed by atoms with Crippen LogP contribution in [0.2, 0.25) is 0 Å². The molecule has 1 aromatic heterocycles. The van der Waals surface area contributed by atoms with Crippen LogP contribution in [0.25, 0.3) is 11.1 Å². The maximum Gasteiger partial charge on any atom is 0.307 e. The van der Waals surface area contributed by atoms with Crippen molar-refractivity contribution in [3.05, 3.63) is 76.0 Å². The van der Waals surface area contributed by atoms with Gasteiger partial charge in [-0.15, -0.1) is 0 Å². The average molecular weight is 442 g/mol. The lowest BCUT2D eigenvalue weighted by molar-refractivity contribution is -0.143. The van der Waals surface area contributed by atoms with E-state index >= 15 is 0 Å². The lowest BCUT2D eigenvalue weighted by Crippen LogP contribution is -2.38. The molecule has 1 heterocycles. The predicted molar refractivity (Wildman–Crippen MR) is 114 cm³/mol. The van der Waals surface area contributed by atoms with Gasteiger partial charge in [-0.2, -0.15) is 5.16 Å². The molecule has 0 bridgehead atoms. The van der Waals surface area contributed by atoms with Crippen LogP contribution >= 0.6 is 0 Å². The number of hydrogen-bond acceptors (Lipinski definition) is 6. The Balaban J connectivity index is 1.77. The zero-order valence-electron chi connectivity index (χ0n) is 17.6. The Bertz CT molecular complexity index is 1140. The number of halogens is 1. The van der Waals surface area contributed by atoms with Crippen molar-refractivity contribution in [2.24, 2.45) is 0 Å². The first-order valence-electron chi connectivity index (χ1n) is 9.97. The molecule has 168 valence electrons. The fraction of sp³-hybridized carbons (Fsp3) is 0.261. The third kappa shape index (κ3) is 5.84. The highest BCUT2D eigenvalue weighted by Gasteiger charge is 2.21. The molecular formula is C23H23FN2O6. The molecule has 0 aliphatic carbocycles. The van der Waals surface area contributed by atoms with Gasteiger partial charge in [-0.3, -0.25) is 14.4 Å². The van der Waals surface area contributed by atoms with Gasteiger partial charge in [0.2, 0.25) is 5.76 Å². The number of amides is 1. The third-order valence-electron chi connectivity index (χ3n) is 4.71. The molecule has 0 saturated carbocycles. The number of H-pyrrole nitrogens is 1. The van der Waals surface area contributed by atoms with Gasteiger partial charge >= 0.3 is 5.97 Å². The number of ether oxygens (including phenoxy) is 2. The van der Waals surface area contributed by atoms with E-state index in [0.29, 0.717) is 17.7 Å². The second-order valence-electron chi connectivity index (χ2n) is 7.00. The lowest BCUT2D eigenvalue weighted by Gasteiger charge is -2.18. The van der Waals surface area contributed by atoms with Crippen molar-refractivity contribution in [2.75, 3.05) is 13.7 Å². The van der Waals surface area contributed by atoms with Gasteiger partial charge in [-0.05, 0) is 42.7 Å². The molecule has 8 nitrogen and oxygen atoms in total. The van der Waals surface area contributed by atoms with E-state index in [1.807, 2.05) is 17.3 Å². The van der Waals surface area contributed by atoms with Gasteiger partial charge < -0.3 is 19.3 Å². The number of aromatic nitrogens is 1. The molecule has 1 amide bonds. The van der Waals surface area contributed by atoms with Crippen LogP contribution in [-0.4, -0.2) is 36.8 Å². The van der Waals surface area contributed by atoms with Crippen LogP contribution in [0.1, 0.15) is 29.5 Å². The first-order valence-corrected chi connectivity index (χ1v) is 9.97. The Morgan fingerprint density at radius 3 is 2.53 bits per heavy atom. The molecule has 0 aliphatic heterocycles. The van der Waals surface area contributed by atoms with E-state index < -0.39 is 23.5 Å². The van der Waals surface area contributed by atoms with E-state index in [9.17, 15) is 18.8 Å². The highest BCUT2D eigenvalue weighted by Crippen LogP contribution is 2.30. The summed E-state index contributed by atoms with van der Waals surface area (Å²) in [5, 5.41) is 4.74. The quantitative estimate of drug-likeness (QED) is 0.493. The Labute approximate surface area is 183 Å². The van der Waals surface area contributed by atoms with Gasteiger partial charge in [0.05, 0.1) is 26.2 Å². The summed E-state index contributed by atoms with van der Waals surface area (Å²) in [5.41, 5.74) is 1.65. The topological polar surface area (TPSA) is 111 Å². The van der Waals surface area contributed by atoms with Crippen LogP contribution in [-0.2, 0) is 16.0 Å². The minimum absolute atomic E-state index is 0.0618. The number of carbonyl (C=O) groups is 2. The van der Waals surface area contributed by atoms with Crippen LogP contribution in [0.5, 0.6) is 5.75 Å². The molecule has 0 fully saturated rings. The monoisotopic (exact) mass is 442 g/mol. The molecule has 9 heteroatoms. The molecule has 0 spiro atoms. The molecule has 2 N–H and O–H groups in total. The van der Waals surface area contributed by atoms with Crippen LogP contribution in [0.3, 0.4) is 0 Å². The summed E-state index contributed by atoms with van der Waals surface area (Å²) in [6.07, 6.45) is 0.257. The number of hydrogen-bond donors (Lipinski definition) is 2. The standard InChI is InChI=1S/C23H23FN2O6/c1-3-31-22(28)12-17(25-23(29)20-13-21(27)26-32-20)10-14-4-6-15(7-5-14)18-11-16(24)8-9-19(18)30-2/h4-9,11,13,17H,3,10,12H2,1-2H3,(H,25,29)(H,26,27). The maximum absolute atomic E-state index is 13.7. The third-order valence-corrected chi connectivity index (χ3v) is 4.71. The number of carbonyl (C=O) groups excluding carboxylic acids is 2. The Kier molecular flexibility index (Phi) is 7.43. The van der Waals surface area contributed by atoms with Gasteiger partial charge in [0, 0.05) is 11.6 Å². The lowest BCUT2D eigenvalue weighted by atomic mass is 9.98. The largest absolute Gasteiger partial charge is 0.496 e. The molecule has 32 heavy (non-hydrogen) atoms. The molecule has 3 aromatic rings. The molecule has 3 rings (SSSR count). The summed E-state index contributed by atoms with van der Waals surface area (Å²) in [6.45, 7) is 1.91. The predicted octanol–water partition coefficient (Wildman–Crippen LogP) is 3.08. The minimum Gasteiger partial charge on any atom is -0.496 e. The normalized spacial score (nSPS) is 11.6. The molecule has 2 aromatic carbocycles. The number of benzene rings is 2. The van der Waals surface area contributed by atoms with Gasteiger partial charge in [-0.25, -0.2) is 4.39 Å². The summed E-state index contributed by atoms with van der Waals surface area (Å²) < 4.78 is 28.8. The van der Waals surface area contributed by atoms with Crippen molar-refractivity contribution in [1.82, 2.24) is 10.5 Å². The molecule has 0 radical (unpaired) electrons. The number of methoxy groups -OCH3 is 1. The van der Waals surface area contributed by atoms with Crippen LogP contribution in [0, 0.1) is 5.82 Å². The van der Waals surface area contributed by atoms with E-state index in [1.165, 1.54) is 19.2 Å². The smallest absolute Gasteiger partial charge is 0.307 e. The van der Waals surface area contributed by atoms with Crippen LogP contribution < -0.4 is 15.6 Å². The Morgan fingerprint density at radius 2 is 1.91 bits per heavy atom. The SMILES string of the molecule is CCOC(=O)CC(Cc1ccc(-c2cc(F)ccc2OC)cc1)NC(=O)c1cc(=O)[nH]o1. The van der Waals surface area contributed by atoms with Gasteiger partial charge in [-0.1, -0.05) is 24.3 Å². The first-order chi connectivity index (χ1) is 15.4. The second kappa shape index (κ2) is 10.4.